The number of carbonyl (C=O) groups is 1. The lowest BCUT2D eigenvalue weighted by Gasteiger charge is -2.12. The molecule has 0 aliphatic heterocycles. The molecule has 0 aromatic carbocycles. The Morgan fingerprint density at radius 2 is 2.00 bits per heavy atom. The van der Waals surface area contributed by atoms with Gasteiger partial charge in [0.05, 0.1) is 5.69 Å². The standard InChI is InChI=1S/C12H17N3O2/c1-7-8(2)14-15-12(17)10(7)11(16)13-9-5-3-4-6-9/h9H,3-6H2,1-2H3,(H,13,16)(H,15,17). The number of H-pyrrole nitrogens is 1. The summed E-state index contributed by atoms with van der Waals surface area (Å²) in [5.41, 5.74) is 1.12. The molecule has 1 fully saturated rings. The van der Waals surface area contributed by atoms with Gasteiger partial charge in [-0.1, -0.05) is 12.8 Å². The number of carbonyl (C=O) groups excluding carboxylic acids is 1. The molecule has 1 saturated carbocycles. The Morgan fingerprint density at radius 1 is 1.35 bits per heavy atom. The lowest BCUT2D eigenvalue weighted by atomic mass is 10.1. The summed E-state index contributed by atoms with van der Waals surface area (Å²) in [5, 5.41) is 9.10. The summed E-state index contributed by atoms with van der Waals surface area (Å²) in [7, 11) is 0. The van der Waals surface area contributed by atoms with Crippen LogP contribution in [0.3, 0.4) is 0 Å². The van der Waals surface area contributed by atoms with Crippen LogP contribution >= 0.6 is 0 Å². The van der Waals surface area contributed by atoms with Crippen molar-refractivity contribution in [3.8, 4) is 0 Å². The Kier molecular flexibility index (Phi) is 3.26. The minimum absolute atomic E-state index is 0.199. The van der Waals surface area contributed by atoms with Crippen molar-refractivity contribution in [1.82, 2.24) is 15.5 Å². The molecular formula is C12H17N3O2. The van der Waals surface area contributed by atoms with Crippen LogP contribution in [0.2, 0.25) is 0 Å². The predicted molar refractivity (Wildman–Crippen MR) is 64.1 cm³/mol. The Hall–Kier alpha value is -1.65. The van der Waals surface area contributed by atoms with Crippen LogP contribution in [0.5, 0.6) is 0 Å². The van der Waals surface area contributed by atoms with Gasteiger partial charge >= 0.3 is 0 Å². The molecular weight excluding hydrogens is 218 g/mol. The van der Waals surface area contributed by atoms with Crippen molar-refractivity contribution in [3.05, 3.63) is 27.2 Å². The van der Waals surface area contributed by atoms with Gasteiger partial charge in [-0.2, -0.15) is 5.10 Å². The maximum atomic E-state index is 12.0. The topological polar surface area (TPSA) is 74.8 Å². The Labute approximate surface area is 99.6 Å². The number of aromatic amines is 1. The van der Waals surface area contributed by atoms with E-state index >= 15 is 0 Å². The molecule has 5 nitrogen and oxygen atoms in total. The van der Waals surface area contributed by atoms with E-state index in [1.165, 1.54) is 0 Å². The van der Waals surface area contributed by atoms with E-state index in [9.17, 15) is 9.59 Å². The Balaban J connectivity index is 2.24. The van der Waals surface area contributed by atoms with E-state index in [2.05, 4.69) is 15.5 Å². The second kappa shape index (κ2) is 4.69. The van der Waals surface area contributed by atoms with Gasteiger partial charge in [0.1, 0.15) is 5.56 Å². The first-order chi connectivity index (χ1) is 8.09. The minimum Gasteiger partial charge on any atom is -0.349 e. The van der Waals surface area contributed by atoms with Crippen LogP contribution in [0.4, 0.5) is 0 Å². The van der Waals surface area contributed by atoms with Gasteiger partial charge in [-0.15, -0.1) is 0 Å². The first kappa shape index (κ1) is 11.8. The zero-order valence-electron chi connectivity index (χ0n) is 10.2. The zero-order chi connectivity index (χ0) is 12.4. The van der Waals surface area contributed by atoms with E-state index in [4.69, 9.17) is 0 Å². The van der Waals surface area contributed by atoms with Crippen LogP contribution in [0.1, 0.15) is 47.3 Å². The molecule has 2 rings (SSSR count). The van der Waals surface area contributed by atoms with Crippen molar-refractivity contribution >= 4 is 5.91 Å². The van der Waals surface area contributed by atoms with Gasteiger partial charge < -0.3 is 5.32 Å². The third-order valence-corrected chi connectivity index (χ3v) is 3.39. The molecule has 2 N–H and O–H groups in total. The van der Waals surface area contributed by atoms with Crippen molar-refractivity contribution in [3.63, 3.8) is 0 Å². The van der Waals surface area contributed by atoms with E-state index in [0.29, 0.717) is 11.3 Å². The number of hydrogen-bond acceptors (Lipinski definition) is 3. The van der Waals surface area contributed by atoms with Gasteiger partial charge in [0, 0.05) is 6.04 Å². The summed E-state index contributed by atoms with van der Waals surface area (Å²) < 4.78 is 0. The van der Waals surface area contributed by atoms with Crippen molar-refractivity contribution in [2.45, 2.75) is 45.6 Å². The van der Waals surface area contributed by atoms with Gasteiger partial charge in [0.2, 0.25) is 0 Å². The molecule has 0 spiro atoms. The lowest BCUT2D eigenvalue weighted by Crippen LogP contribution is -2.37. The monoisotopic (exact) mass is 235 g/mol. The molecule has 5 heteroatoms. The maximum absolute atomic E-state index is 12.0. The maximum Gasteiger partial charge on any atom is 0.277 e. The Morgan fingerprint density at radius 3 is 2.65 bits per heavy atom. The van der Waals surface area contributed by atoms with Crippen LogP contribution in [0.15, 0.2) is 4.79 Å². The third kappa shape index (κ3) is 2.38. The number of rotatable bonds is 2. The summed E-state index contributed by atoms with van der Waals surface area (Å²) in [6, 6.07) is 0.217. The fourth-order valence-corrected chi connectivity index (χ4v) is 2.23. The molecule has 1 aliphatic rings. The van der Waals surface area contributed by atoms with Crippen molar-refractivity contribution in [2.75, 3.05) is 0 Å². The molecule has 1 aromatic heterocycles. The smallest absolute Gasteiger partial charge is 0.277 e. The highest BCUT2D eigenvalue weighted by atomic mass is 16.2. The van der Waals surface area contributed by atoms with E-state index in [1.54, 1.807) is 13.8 Å². The quantitative estimate of drug-likeness (QED) is 0.804. The van der Waals surface area contributed by atoms with E-state index in [1.807, 2.05) is 0 Å². The molecule has 1 heterocycles. The highest BCUT2D eigenvalue weighted by Crippen LogP contribution is 2.18. The highest BCUT2D eigenvalue weighted by molar-refractivity contribution is 5.95. The SMILES string of the molecule is Cc1n[nH]c(=O)c(C(=O)NC2CCCC2)c1C. The van der Waals surface area contributed by atoms with Crippen molar-refractivity contribution in [2.24, 2.45) is 0 Å². The molecule has 0 radical (unpaired) electrons. The average Bonchev–Trinajstić information content (AvgIpc) is 2.77. The third-order valence-electron chi connectivity index (χ3n) is 3.39. The first-order valence-corrected chi connectivity index (χ1v) is 5.96. The fraction of sp³-hybridized carbons (Fsp3) is 0.583. The van der Waals surface area contributed by atoms with Crippen molar-refractivity contribution in [1.29, 1.82) is 0 Å². The van der Waals surface area contributed by atoms with E-state index in [-0.39, 0.29) is 17.5 Å². The molecule has 0 atom stereocenters. The van der Waals surface area contributed by atoms with Gasteiger partial charge in [0.15, 0.2) is 0 Å². The number of amides is 1. The molecule has 0 unspecified atom stereocenters. The number of aryl methyl sites for hydroxylation is 1. The fourth-order valence-electron chi connectivity index (χ4n) is 2.23. The normalized spacial score (nSPS) is 16.1. The lowest BCUT2D eigenvalue weighted by molar-refractivity contribution is 0.0935. The summed E-state index contributed by atoms with van der Waals surface area (Å²) in [5.74, 6) is -0.277. The van der Waals surface area contributed by atoms with Crippen molar-refractivity contribution < 1.29 is 4.79 Å². The number of nitrogens with zero attached hydrogens (tertiary/aromatic N) is 1. The van der Waals surface area contributed by atoms with E-state index < -0.39 is 5.56 Å². The summed E-state index contributed by atoms with van der Waals surface area (Å²) >= 11 is 0. The minimum atomic E-state index is -0.413. The van der Waals surface area contributed by atoms with Crippen LogP contribution in [-0.2, 0) is 0 Å². The predicted octanol–water partition coefficient (Wildman–Crippen LogP) is 1.06. The number of hydrogen-bond donors (Lipinski definition) is 2. The largest absolute Gasteiger partial charge is 0.349 e. The van der Waals surface area contributed by atoms with Crippen LogP contribution in [0.25, 0.3) is 0 Å². The van der Waals surface area contributed by atoms with Crippen LogP contribution in [-0.4, -0.2) is 22.1 Å². The summed E-state index contributed by atoms with van der Waals surface area (Å²) in [4.78, 5) is 23.7. The molecule has 1 aromatic rings. The first-order valence-electron chi connectivity index (χ1n) is 5.96. The second-order valence-corrected chi connectivity index (χ2v) is 4.59. The van der Waals surface area contributed by atoms with E-state index in [0.717, 1.165) is 25.7 Å². The molecule has 17 heavy (non-hydrogen) atoms. The Bertz CT molecular complexity index is 487. The summed E-state index contributed by atoms with van der Waals surface area (Å²) in [6.07, 6.45) is 4.31. The zero-order valence-corrected chi connectivity index (χ0v) is 10.2. The molecule has 0 saturated heterocycles. The van der Waals surface area contributed by atoms with Gasteiger partial charge in [-0.05, 0) is 32.3 Å². The van der Waals surface area contributed by atoms with Crippen LogP contribution < -0.4 is 10.9 Å². The highest BCUT2D eigenvalue weighted by Gasteiger charge is 2.21. The molecule has 1 aliphatic carbocycles. The molecule has 0 bridgehead atoms. The molecule has 1 amide bonds. The van der Waals surface area contributed by atoms with Gasteiger partial charge in [-0.3, -0.25) is 9.59 Å². The van der Waals surface area contributed by atoms with Gasteiger partial charge in [0.25, 0.3) is 11.5 Å². The number of nitrogens with one attached hydrogen (secondary N) is 2. The van der Waals surface area contributed by atoms with Crippen LogP contribution in [0, 0.1) is 13.8 Å². The number of aromatic nitrogens is 2. The summed E-state index contributed by atoms with van der Waals surface area (Å²) in [6.45, 7) is 3.53. The average molecular weight is 235 g/mol. The second-order valence-electron chi connectivity index (χ2n) is 4.59. The molecule has 92 valence electrons. The van der Waals surface area contributed by atoms with Gasteiger partial charge in [-0.25, -0.2) is 5.10 Å².